The molecule has 0 heterocycles. The lowest BCUT2D eigenvalue weighted by atomic mass is 9.85. The summed E-state index contributed by atoms with van der Waals surface area (Å²) in [6.07, 6.45) is 12.9. The van der Waals surface area contributed by atoms with Crippen molar-refractivity contribution < 1.29 is 4.74 Å². The lowest BCUT2D eigenvalue weighted by Crippen LogP contribution is -2.33. The van der Waals surface area contributed by atoms with Gasteiger partial charge in [0.25, 0.3) is 0 Å². The Bertz CT molecular complexity index is 201. The van der Waals surface area contributed by atoms with Crippen molar-refractivity contribution in [3.8, 4) is 0 Å². The van der Waals surface area contributed by atoms with Gasteiger partial charge in [0, 0.05) is 12.6 Å². The maximum absolute atomic E-state index is 6.08. The number of rotatable bonds is 6. The minimum atomic E-state index is 0.555. The quantitative estimate of drug-likeness (QED) is 0.716. The predicted octanol–water partition coefficient (Wildman–Crippen LogP) is 3.50. The Kier molecular flexibility index (Phi) is 5.79. The third-order valence-corrected chi connectivity index (χ3v) is 4.59. The standard InChI is InChI=1S/C15H29NO/c1-2-13-7-3-6-10-15(13)17-12-11-16-14-8-4-5-9-14/h13-16H,2-12H2,1H3. The molecule has 0 spiro atoms. The Hall–Kier alpha value is -0.0800. The molecular formula is C15H29NO. The van der Waals surface area contributed by atoms with Gasteiger partial charge in [-0.1, -0.05) is 39.0 Å². The maximum Gasteiger partial charge on any atom is 0.0603 e. The minimum Gasteiger partial charge on any atom is -0.377 e. The van der Waals surface area contributed by atoms with Crippen molar-refractivity contribution in [3.05, 3.63) is 0 Å². The van der Waals surface area contributed by atoms with Gasteiger partial charge in [-0.3, -0.25) is 0 Å². The fourth-order valence-electron chi connectivity index (χ4n) is 3.46. The normalized spacial score (nSPS) is 30.9. The Balaban J connectivity index is 1.56. The summed E-state index contributed by atoms with van der Waals surface area (Å²) >= 11 is 0. The molecule has 1 N–H and O–H groups in total. The molecule has 2 rings (SSSR count). The smallest absolute Gasteiger partial charge is 0.0603 e. The van der Waals surface area contributed by atoms with Crippen LogP contribution in [0.5, 0.6) is 0 Å². The molecule has 2 nitrogen and oxygen atoms in total. The molecule has 2 fully saturated rings. The number of ether oxygens (including phenoxy) is 1. The molecule has 0 aromatic heterocycles. The molecule has 2 unspecified atom stereocenters. The zero-order valence-electron chi connectivity index (χ0n) is 11.4. The van der Waals surface area contributed by atoms with Crippen LogP contribution in [-0.2, 0) is 4.74 Å². The number of nitrogens with one attached hydrogen (secondary N) is 1. The molecule has 0 aromatic rings. The highest BCUT2D eigenvalue weighted by atomic mass is 16.5. The van der Waals surface area contributed by atoms with E-state index in [1.54, 1.807) is 0 Å². The molecule has 0 aromatic carbocycles. The molecule has 0 saturated heterocycles. The molecule has 2 aliphatic rings. The van der Waals surface area contributed by atoms with Gasteiger partial charge in [0.15, 0.2) is 0 Å². The predicted molar refractivity (Wildman–Crippen MR) is 72.2 cm³/mol. The molecular weight excluding hydrogens is 210 g/mol. The maximum atomic E-state index is 6.08. The van der Waals surface area contributed by atoms with Crippen LogP contribution >= 0.6 is 0 Å². The summed E-state index contributed by atoms with van der Waals surface area (Å²) in [7, 11) is 0. The van der Waals surface area contributed by atoms with Gasteiger partial charge in [-0.05, 0) is 31.6 Å². The van der Waals surface area contributed by atoms with E-state index in [2.05, 4.69) is 12.2 Å². The van der Waals surface area contributed by atoms with Crippen molar-refractivity contribution in [2.45, 2.75) is 76.9 Å². The number of hydrogen-bond donors (Lipinski definition) is 1. The van der Waals surface area contributed by atoms with Gasteiger partial charge in [-0.2, -0.15) is 0 Å². The lowest BCUT2D eigenvalue weighted by molar-refractivity contribution is -0.0108. The summed E-state index contributed by atoms with van der Waals surface area (Å²) < 4.78 is 6.08. The van der Waals surface area contributed by atoms with E-state index in [-0.39, 0.29) is 0 Å². The molecule has 17 heavy (non-hydrogen) atoms. The average Bonchev–Trinajstić information content (AvgIpc) is 2.88. The van der Waals surface area contributed by atoms with E-state index in [4.69, 9.17) is 4.74 Å². The second-order valence-electron chi connectivity index (χ2n) is 5.80. The van der Waals surface area contributed by atoms with Gasteiger partial charge < -0.3 is 10.1 Å². The van der Waals surface area contributed by atoms with Crippen LogP contribution in [-0.4, -0.2) is 25.3 Å². The summed E-state index contributed by atoms with van der Waals surface area (Å²) in [5, 5.41) is 3.63. The highest BCUT2D eigenvalue weighted by Crippen LogP contribution is 2.28. The van der Waals surface area contributed by atoms with Gasteiger partial charge in [0.1, 0.15) is 0 Å². The van der Waals surface area contributed by atoms with Crippen LogP contribution in [0.2, 0.25) is 0 Å². The Labute approximate surface area is 107 Å². The topological polar surface area (TPSA) is 21.3 Å². The summed E-state index contributed by atoms with van der Waals surface area (Å²) in [6, 6.07) is 0.784. The minimum absolute atomic E-state index is 0.555. The summed E-state index contributed by atoms with van der Waals surface area (Å²) in [4.78, 5) is 0. The first-order valence-electron chi connectivity index (χ1n) is 7.75. The molecule has 2 saturated carbocycles. The molecule has 2 atom stereocenters. The van der Waals surface area contributed by atoms with Gasteiger partial charge in [0.2, 0.25) is 0 Å². The van der Waals surface area contributed by atoms with Gasteiger partial charge in [-0.25, -0.2) is 0 Å². The van der Waals surface area contributed by atoms with Gasteiger partial charge in [-0.15, -0.1) is 0 Å². The van der Waals surface area contributed by atoms with Crippen LogP contribution in [0.15, 0.2) is 0 Å². The molecule has 0 amide bonds. The van der Waals surface area contributed by atoms with E-state index in [1.165, 1.54) is 57.8 Å². The second kappa shape index (κ2) is 7.38. The molecule has 2 heteroatoms. The van der Waals surface area contributed by atoms with Crippen LogP contribution < -0.4 is 5.32 Å². The van der Waals surface area contributed by atoms with Crippen molar-refractivity contribution >= 4 is 0 Å². The first-order chi connectivity index (χ1) is 8.40. The fraction of sp³-hybridized carbons (Fsp3) is 1.00. The van der Waals surface area contributed by atoms with E-state index < -0.39 is 0 Å². The van der Waals surface area contributed by atoms with Crippen molar-refractivity contribution in [2.24, 2.45) is 5.92 Å². The van der Waals surface area contributed by atoms with Crippen molar-refractivity contribution in [2.75, 3.05) is 13.2 Å². The van der Waals surface area contributed by atoms with Crippen molar-refractivity contribution in [1.29, 1.82) is 0 Å². The average molecular weight is 239 g/mol. The first-order valence-corrected chi connectivity index (χ1v) is 7.75. The van der Waals surface area contributed by atoms with E-state index >= 15 is 0 Å². The second-order valence-corrected chi connectivity index (χ2v) is 5.80. The Morgan fingerprint density at radius 1 is 1.00 bits per heavy atom. The highest BCUT2D eigenvalue weighted by Gasteiger charge is 2.24. The molecule has 100 valence electrons. The number of hydrogen-bond acceptors (Lipinski definition) is 2. The third kappa shape index (κ3) is 4.26. The zero-order chi connectivity index (χ0) is 11.9. The van der Waals surface area contributed by atoms with Crippen LogP contribution in [0.3, 0.4) is 0 Å². The van der Waals surface area contributed by atoms with Crippen LogP contribution in [0.25, 0.3) is 0 Å². The van der Waals surface area contributed by atoms with Gasteiger partial charge in [0.05, 0.1) is 12.7 Å². The van der Waals surface area contributed by atoms with Crippen LogP contribution in [0, 0.1) is 5.92 Å². The fourth-order valence-corrected chi connectivity index (χ4v) is 3.46. The zero-order valence-corrected chi connectivity index (χ0v) is 11.4. The Morgan fingerprint density at radius 3 is 2.47 bits per heavy atom. The monoisotopic (exact) mass is 239 g/mol. The summed E-state index contributed by atoms with van der Waals surface area (Å²) in [5.41, 5.74) is 0. The van der Waals surface area contributed by atoms with Crippen LogP contribution in [0.4, 0.5) is 0 Å². The summed E-state index contributed by atoms with van der Waals surface area (Å²) in [5.74, 6) is 0.829. The largest absolute Gasteiger partial charge is 0.377 e. The van der Waals surface area contributed by atoms with Crippen LogP contribution in [0.1, 0.15) is 64.7 Å². The lowest BCUT2D eigenvalue weighted by Gasteiger charge is -2.31. The van der Waals surface area contributed by atoms with Crippen molar-refractivity contribution in [1.82, 2.24) is 5.32 Å². The first kappa shape index (κ1) is 13.4. The van der Waals surface area contributed by atoms with E-state index in [1.807, 2.05) is 0 Å². The molecule has 0 aliphatic heterocycles. The highest BCUT2D eigenvalue weighted by molar-refractivity contribution is 4.76. The van der Waals surface area contributed by atoms with E-state index in [9.17, 15) is 0 Å². The SMILES string of the molecule is CCC1CCCCC1OCCNC1CCCC1. The Morgan fingerprint density at radius 2 is 1.71 bits per heavy atom. The molecule has 2 aliphatic carbocycles. The molecule has 0 radical (unpaired) electrons. The van der Waals surface area contributed by atoms with Crippen molar-refractivity contribution in [3.63, 3.8) is 0 Å². The van der Waals surface area contributed by atoms with E-state index in [0.717, 1.165) is 25.1 Å². The third-order valence-electron chi connectivity index (χ3n) is 4.59. The molecule has 0 bridgehead atoms. The van der Waals surface area contributed by atoms with Gasteiger partial charge >= 0.3 is 0 Å². The van der Waals surface area contributed by atoms with E-state index in [0.29, 0.717) is 6.10 Å². The summed E-state index contributed by atoms with van der Waals surface area (Å²) in [6.45, 7) is 4.28.